The van der Waals surface area contributed by atoms with Gasteiger partial charge in [-0.05, 0) is 92.3 Å². The molecule has 4 heterocycles. The molecule has 0 aliphatic carbocycles. The van der Waals surface area contributed by atoms with Gasteiger partial charge in [0.2, 0.25) is 18.3 Å². The van der Waals surface area contributed by atoms with Gasteiger partial charge < -0.3 is 38.6 Å². The van der Waals surface area contributed by atoms with E-state index in [1.165, 1.54) is 66.5 Å². The zero-order valence-electron chi connectivity index (χ0n) is 33.5. The molecule has 4 aliphatic rings. The SMILES string of the molecule is CC(=O)OC[C@H]1O[C@@H](OC2=NCC(C(C)C)=C2Cc2ccc(/C=C/CCN3CCCC4(CCNCC4)C3)cc2C)[C@H](OC(C)=O)[C@@H](OC(C)=O)[C@@H]1OC(C)=O. The molecule has 3 saturated heterocycles. The van der Waals surface area contributed by atoms with Gasteiger partial charge in [-0.1, -0.05) is 44.2 Å². The lowest BCUT2D eigenvalue weighted by Gasteiger charge is -2.45. The van der Waals surface area contributed by atoms with Crippen molar-refractivity contribution in [1.82, 2.24) is 10.2 Å². The highest BCUT2D eigenvalue weighted by molar-refractivity contribution is 5.97. The fourth-order valence-corrected chi connectivity index (χ4v) is 8.26. The summed E-state index contributed by atoms with van der Waals surface area (Å²) in [5, 5.41) is 3.52. The van der Waals surface area contributed by atoms with Crippen molar-refractivity contribution < 1.29 is 47.6 Å². The number of aliphatic imine (C=N–C) groups is 1. The number of nitrogens with one attached hydrogen (secondary N) is 1. The average Bonchev–Trinajstić information content (AvgIpc) is 3.51. The van der Waals surface area contributed by atoms with Crippen LogP contribution in [0.3, 0.4) is 0 Å². The first-order valence-electron chi connectivity index (χ1n) is 19.7. The molecule has 302 valence electrons. The third kappa shape index (κ3) is 11.5. The number of hydrogen-bond donors (Lipinski definition) is 1. The first-order chi connectivity index (χ1) is 26.2. The fourth-order valence-electron chi connectivity index (χ4n) is 8.26. The van der Waals surface area contributed by atoms with Gasteiger partial charge >= 0.3 is 23.9 Å². The van der Waals surface area contributed by atoms with E-state index in [4.69, 9.17) is 33.4 Å². The summed E-state index contributed by atoms with van der Waals surface area (Å²) in [4.78, 5) is 56.0. The van der Waals surface area contributed by atoms with Gasteiger partial charge in [0.25, 0.3) is 0 Å². The Balaban J connectivity index is 1.31. The molecule has 1 spiro atoms. The number of aryl methyl sites for hydroxylation is 1. The lowest BCUT2D eigenvalue weighted by atomic mass is 9.73. The molecule has 1 aromatic carbocycles. The van der Waals surface area contributed by atoms with E-state index in [1.54, 1.807) is 0 Å². The molecule has 55 heavy (non-hydrogen) atoms. The minimum Gasteiger partial charge on any atom is -0.463 e. The molecule has 1 aromatic rings. The van der Waals surface area contributed by atoms with E-state index in [0.717, 1.165) is 53.9 Å². The van der Waals surface area contributed by atoms with Crippen molar-refractivity contribution in [2.75, 3.05) is 45.9 Å². The number of piperidine rings is 2. The topological polar surface area (TPSA) is 151 Å². The summed E-state index contributed by atoms with van der Waals surface area (Å²) >= 11 is 0. The van der Waals surface area contributed by atoms with Crippen molar-refractivity contribution >= 4 is 35.9 Å². The minimum absolute atomic E-state index is 0.155. The summed E-state index contributed by atoms with van der Waals surface area (Å²) in [6.45, 7) is 16.9. The highest BCUT2D eigenvalue weighted by Gasteiger charge is 2.54. The number of likely N-dealkylation sites (tertiary alicyclic amines) is 1. The van der Waals surface area contributed by atoms with Crippen LogP contribution < -0.4 is 5.32 Å². The highest BCUT2D eigenvalue weighted by Crippen LogP contribution is 2.38. The number of nitrogens with zero attached hydrogens (tertiary/aromatic N) is 2. The number of carbonyl (C=O) groups excluding carboxylic acids is 4. The third-order valence-electron chi connectivity index (χ3n) is 11.0. The maximum Gasteiger partial charge on any atom is 0.303 e. The van der Waals surface area contributed by atoms with Crippen molar-refractivity contribution in [3.8, 4) is 0 Å². The van der Waals surface area contributed by atoms with Crippen molar-refractivity contribution in [1.29, 1.82) is 0 Å². The quantitative estimate of drug-likeness (QED) is 0.216. The molecule has 5 rings (SSSR count). The Morgan fingerprint density at radius 1 is 0.964 bits per heavy atom. The van der Waals surface area contributed by atoms with Gasteiger partial charge in [0.05, 0.1) is 6.54 Å². The van der Waals surface area contributed by atoms with Crippen LogP contribution in [0.2, 0.25) is 0 Å². The molecule has 13 heteroatoms. The average molecular weight is 766 g/mol. The molecule has 5 atom stereocenters. The first-order valence-corrected chi connectivity index (χ1v) is 19.7. The molecule has 0 bridgehead atoms. The summed E-state index contributed by atoms with van der Waals surface area (Å²) in [6.07, 6.45) is 4.81. The van der Waals surface area contributed by atoms with E-state index in [-0.39, 0.29) is 12.5 Å². The normalized spacial score (nSPS) is 25.5. The smallest absolute Gasteiger partial charge is 0.303 e. The van der Waals surface area contributed by atoms with Crippen molar-refractivity contribution in [2.45, 2.75) is 118 Å². The van der Waals surface area contributed by atoms with E-state index < -0.39 is 54.6 Å². The number of carbonyl (C=O) groups is 4. The Labute approximate surface area is 325 Å². The van der Waals surface area contributed by atoms with Gasteiger partial charge in [-0.25, -0.2) is 4.99 Å². The predicted octanol–water partition coefficient (Wildman–Crippen LogP) is 4.87. The molecule has 4 aliphatic heterocycles. The predicted molar refractivity (Wildman–Crippen MR) is 206 cm³/mol. The fraction of sp³-hybridized carbons (Fsp3) is 0.643. The summed E-state index contributed by atoms with van der Waals surface area (Å²) in [6, 6.07) is 6.46. The Bertz CT molecular complexity index is 1640. The maximum absolute atomic E-state index is 12.4. The highest BCUT2D eigenvalue weighted by atomic mass is 16.7. The zero-order chi connectivity index (χ0) is 39.7. The molecule has 0 radical (unpaired) electrons. The van der Waals surface area contributed by atoms with Crippen LogP contribution in [0, 0.1) is 18.3 Å². The standard InChI is InChI=1S/C42H59N3O10/c1-26(2)35-23-44-40(55-41-39(53-31(7)49)38(52-30(6)48)37(51-29(5)47)36(54-41)24-50-28(4)46)34(35)22-33-13-12-32(21-27(33)3)11-8-9-19-45-20-10-14-42(25-45)15-17-43-18-16-42/h8,11-13,21,26,36-39,41,43H,9-10,14-20,22-25H2,1-7H3/b11-8+/t36-,37-,38+,39-,41+/m1/s1. The second-order valence-corrected chi connectivity index (χ2v) is 15.6. The van der Waals surface area contributed by atoms with Gasteiger partial charge in [0, 0.05) is 52.8 Å². The largest absolute Gasteiger partial charge is 0.463 e. The van der Waals surface area contributed by atoms with Gasteiger partial charge in [0.1, 0.15) is 12.7 Å². The van der Waals surface area contributed by atoms with Crippen molar-refractivity contribution in [3.05, 3.63) is 52.1 Å². The van der Waals surface area contributed by atoms with Crippen LogP contribution in [0.1, 0.15) is 90.3 Å². The third-order valence-corrected chi connectivity index (χ3v) is 11.0. The van der Waals surface area contributed by atoms with Crippen LogP contribution in [-0.4, -0.2) is 111 Å². The second-order valence-electron chi connectivity index (χ2n) is 15.6. The second kappa shape index (κ2) is 19.2. The molecule has 0 unspecified atom stereocenters. The Hall–Kier alpha value is -4.07. The van der Waals surface area contributed by atoms with Crippen LogP contribution in [-0.2, 0) is 54.0 Å². The van der Waals surface area contributed by atoms with Gasteiger partial charge in [0.15, 0.2) is 12.2 Å². The summed E-state index contributed by atoms with van der Waals surface area (Å²) in [5.74, 6) is -2.26. The van der Waals surface area contributed by atoms with Gasteiger partial charge in [-0.15, -0.1) is 0 Å². The molecule has 0 saturated carbocycles. The van der Waals surface area contributed by atoms with Gasteiger partial charge in [-0.2, -0.15) is 0 Å². The molecule has 0 aromatic heterocycles. The number of ether oxygens (including phenoxy) is 6. The van der Waals surface area contributed by atoms with Crippen molar-refractivity contribution in [3.63, 3.8) is 0 Å². The summed E-state index contributed by atoms with van der Waals surface area (Å²) in [7, 11) is 0. The Kier molecular flexibility index (Phi) is 14.7. The summed E-state index contributed by atoms with van der Waals surface area (Å²) < 4.78 is 34.6. The van der Waals surface area contributed by atoms with Crippen LogP contribution in [0.15, 0.2) is 40.4 Å². The minimum atomic E-state index is -1.36. The number of hydrogen-bond acceptors (Lipinski definition) is 13. The summed E-state index contributed by atoms with van der Waals surface area (Å²) in [5.41, 5.74) is 5.84. The van der Waals surface area contributed by atoms with E-state index in [1.807, 2.05) is 0 Å². The lowest BCUT2D eigenvalue weighted by Crippen LogP contribution is -2.63. The molecular weight excluding hydrogens is 706 g/mol. The van der Waals surface area contributed by atoms with Crippen molar-refractivity contribution in [2.24, 2.45) is 16.3 Å². The lowest BCUT2D eigenvalue weighted by molar-refractivity contribution is -0.291. The molecule has 0 amide bonds. The number of rotatable bonds is 13. The molecular formula is C42H59N3O10. The van der Waals surface area contributed by atoms with E-state index in [9.17, 15) is 19.2 Å². The van der Waals surface area contributed by atoms with Crippen LogP contribution in [0.4, 0.5) is 0 Å². The molecule has 1 N–H and O–H groups in total. The maximum atomic E-state index is 12.4. The van der Waals surface area contributed by atoms with Crippen LogP contribution in [0.25, 0.3) is 6.08 Å². The van der Waals surface area contributed by atoms with Crippen LogP contribution >= 0.6 is 0 Å². The first kappa shape index (κ1) is 42.1. The monoisotopic (exact) mass is 765 g/mol. The van der Waals surface area contributed by atoms with E-state index >= 15 is 0 Å². The Morgan fingerprint density at radius 3 is 2.31 bits per heavy atom. The molecule has 3 fully saturated rings. The molecule has 13 nitrogen and oxygen atoms in total. The van der Waals surface area contributed by atoms with E-state index in [2.05, 4.69) is 61.3 Å². The van der Waals surface area contributed by atoms with Crippen LogP contribution in [0.5, 0.6) is 0 Å². The van der Waals surface area contributed by atoms with E-state index in [0.29, 0.717) is 24.3 Å². The zero-order valence-corrected chi connectivity index (χ0v) is 33.5. The van der Waals surface area contributed by atoms with Gasteiger partial charge in [-0.3, -0.25) is 19.2 Å². The number of benzene rings is 1. The Morgan fingerprint density at radius 2 is 1.65 bits per heavy atom. The number of esters is 4.